The Hall–Kier alpha value is -2.13. The van der Waals surface area contributed by atoms with Crippen molar-refractivity contribution in [3.8, 4) is 0 Å². The van der Waals surface area contributed by atoms with Gasteiger partial charge in [-0.25, -0.2) is 5.43 Å². The van der Waals surface area contributed by atoms with Crippen molar-refractivity contribution in [3.63, 3.8) is 0 Å². The fourth-order valence-corrected chi connectivity index (χ4v) is 1.68. The molecule has 1 N–H and O–H groups in total. The summed E-state index contributed by atoms with van der Waals surface area (Å²) < 4.78 is 0. The summed E-state index contributed by atoms with van der Waals surface area (Å²) in [5.74, 6) is -0.262. The van der Waals surface area contributed by atoms with Gasteiger partial charge in [-0.3, -0.25) is 4.79 Å². The monoisotopic (exact) mass is 272 g/mol. The van der Waals surface area contributed by atoms with E-state index in [4.69, 9.17) is 11.6 Å². The fourth-order valence-electron chi connectivity index (χ4n) is 1.56. The van der Waals surface area contributed by atoms with Crippen LogP contribution in [0.5, 0.6) is 0 Å². The molecule has 0 aliphatic rings. The van der Waals surface area contributed by atoms with Crippen molar-refractivity contribution in [1.29, 1.82) is 0 Å². The van der Waals surface area contributed by atoms with E-state index in [0.29, 0.717) is 10.6 Å². The number of hydrazone groups is 1. The molecule has 0 bridgehead atoms. The van der Waals surface area contributed by atoms with E-state index in [2.05, 4.69) is 10.5 Å². The van der Waals surface area contributed by atoms with Crippen LogP contribution in [0.3, 0.4) is 0 Å². The van der Waals surface area contributed by atoms with E-state index in [1.54, 1.807) is 30.5 Å². The lowest BCUT2D eigenvalue weighted by Gasteiger charge is -2.01. The number of hydrogen-bond donors (Lipinski definition) is 1. The smallest absolute Gasteiger partial charge is 0.267 e. The van der Waals surface area contributed by atoms with Gasteiger partial charge < -0.3 is 0 Å². The second-order valence-electron chi connectivity index (χ2n) is 4.06. The summed E-state index contributed by atoms with van der Waals surface area (Å²) in [4.78, 5) is 11.8. The van der Waals surface area contributed by atoms with E-state index in [9.17, 15) is 4.79 Å². The third-order valence-corrected chi connectivity index (χ3v) is 2.92. The van der Waals surface area contributed by atoms with Gasteiger partial charge >= 0.3 is 0 Å². The van der Waals surface area contributed by atoms with E-state index in [1.807, 2.05) is 31.2 Å². The molecular weight excluding hydrogens is 260 g/mol. The minimum absolute atomic E-state index is 0.262. The van der Waals surface area contributed by atoms with Crippen molar-refractivity contribution >= 4 is 23.7 Å². The van der Waals surface area contributed by atoms with Crippen LogP contribution in [0.25, 0.3) is 0 Å². The van der Waals surface area contributed by atoms with Crippen LogP contribution in [-0.2, 0) is 0 Å². The normalized spacial score (nSPS) is 10.6. The van der Waals surface area contributed by atoms with Gasteiger partial charge in [0.25, 0.3) is 5.91 Å². The molecule has 0 radical (unpaired) electrons. The van der Waals surface area contributed by atoms with Crippen LogP contribution in [0.15, 0.2) is 53.6 Å². The van der Waals surface area contributed by atoms with Crippen molar-refractivity contribution in [2.75, 3.05) is 0 Å². The molecule has 0 aromatic heterocycles. The number of rotatable bonds is 3. The van der Waals surface area contributed by atoms with Crippen molar-refractivity contribution < 1.29 is 4.79 Å². The Labute approximate surface area is 116 Å². The van der Waals surface area contributed by atoms with Gasteiger partial charge in [0.05, 0.1) is 6.21 Å². The van der Waals surface area contributed by atoms with E-state index >= 15 is 0 Å². The van der Waals surface area contributed by atoms with E-state index in [-0.39, 0.29) is 5.91 Å². The standard InChI is InChI=1S/C15H13ClN2O/c1-11-4-2-3-5-13(11)10-17-18-15(19)12-6-8-14(16)9-7-12/h2-10H,1H3,(H,18,19). The van der Waals surface area contributed by atoms with Gasteiger partial charge in [-0.15, -0.1) is 0 Å². The third kappa shape index (κ3) is 3.66. The predicted octanol–water partition coefficient (Wildman–Crippen LogP) is 3.41. The quantitative estimate of drug-likeness (QED) is 0.675. The number of carbonyl (C=O) groups is 1. The summed E-state index contributed by atoms with van der Waals surface area (Å²) in [6.07, 6.45) is 1.63. The number of aryl methyl sites for hydroxylation is 1. The van der Waals surface area contributed by atoms with Gasteiger partial charge in [-0.05, 0) is 42.3 Å². The minimum atomic E-state index is -0.262. The highest BCUT2D eigenvalue weighted by Crippen LogP contribution is 2.09. The summed E-state index contributed by atoms with van der Waals surface area (Å²) in [6, 6.07) is 14.5. The van der Waals surface area contributed by atoms with Gasteiger partial charge in [0.1, 0.15) is 0 Å². The zero-order valence-corrected chi connectivity index (χ0v) is 11.2. The average Bonchev–Trinajstić information content (AvgIpc) is 2.41. The number of hydrogen-bond acceptors (Lipinski definition) is 2. The maximum atomic E-state index is 11.8. The molecule has 0 aliphatic heterocycles. The minimum Gasteiger partial charge on any atom is -0.267 e. The lowest BCUT2D eigenvalue weighted by molar-refractivity contribution is 0.0955. The van der Waals surface area contributed by atoms with Gasteiger partial charge in [0.2, 0.25) is 0 Å². The molecule has 0 saturated carbocycles. The molecule has 2 aromatic rings. The lowest BCUT2D eigenvalue weighted by atomic mass is 10.1. The summed E-state index contributed by atoms with van der Waals surface area (Å²) in [7, 11) is 0. The molecule has 0 fully saturated rings. The molecule has 0 unspecified atom stereocenters. The molecule has 3 nitrogen and oxygen atoms in total. The zero-order valence-electron chi connectivity index (χ0n) is 10.4. The first-order valence-corrected chi connectivity index (χ1v) is 6.19. The van der Waals surface area contributed by atoms with Crippen LogP contribution in [0.1, 0.15) is 21.5 Å². The average molecular weight is 273 g/mol. The lowest BCUT2D eigenvalue weighted by Crippen LogP contribution is -2.17. The molecule has 0 atom stereocenters. The van der Waals surface area contributed by atoms with E-state index in [0.717, 1.165) is 11.1 Å². The first kappa shape index (κ1) is 13.3. The van der Waals surface area contributed by atoms with Crippen LogP contribution >= 0.6 is 11.6 Å². The maximum absolute atomic E-state index is 11.8. The second kappa shape index (κ2) is 6.16. The largest absolute Gasteiger partial charge is 0.271 e. The first-order chi connectivity index (χ1) is 9.16. The molecule has 2 aromatic carbocycles. The predicted molar refractivity (Wildman–Crippen MR) is 77.7 cm³/mol. The Morgan fingerprint density at radius 1 is 1.16 bits per heavy atom. The molecule has 0 spiro atoms. The highest BCUT2D eigenvalue weighted by Gasteiger charge is 2.03. The second-order valence-corrected chi connectivity index (χ2v) is 4.50. The van der Waals surface area contributed by atoms with Crippen molar-refractivity contribution in [2.45, 2.75) is 6.92 Å². The number of carbonyl (C=O) groups excluding carboxylic acids is 1. The molecule has 19 heavy (non-hydrogen) atoms. The van der Waals surface area contributed by atoms with Crippen molar-refractivity contribution in [3.05, 3.63) is 70.2 Å². The Balaban J connectivity index is 2.01. The first-order valence-electron chi connectivity index (χ1n) is 5.81. The molecule has 0 saturated heterocycles. The maximum Gasteiger partial charge on any atom is 0.271 e. The topological polar surface area (TPSA) is 41.5 Å². The summed E-state index contributed by atoms with van der Waals surface area (Å²) in [5, 5.41) is 4.54. The highest BCUT2D eigenvalue weighted by molar-refractivity contribution is 6.30. The van der Waals surface area contributed by atoms with Crippen molar-refractivity contribution in [2.24, 2.45) is 5.10 Å². The number of nitrogens with one attached hydrogen (secondary N) is 1. The Morgan fingerprint density at radius 3 is 2.53 bits per heavy atom. The van der Waals surface area contributed by atoms with Crippen LogP contribution < -0.4 is 5.43 Å². The molecule has 1 amide bonds. The van der Waals surface area contributed by atoms with Gasteiger partial charge in [-0.2, -0.15) is 5.10 Å². The van der Waals surface area contributed by atoms with Crippen LogP contribution in [-0.4, -0.2) is 12.1 Å². The van der Waals surface area contributed by atoms with Crippen LogP contribution in [0.2, 0.25) is 5.02 Å². The van der Waals surface area contributed by atoms with Gasteiger partial charge in [0.15, 0.2) is 0 Å². The Bertz CT molecular complexity index is 606. The number of amides is 1. The van der Waals surface area contributed by atoms with E-state index < -0.39 is 0 Å². The number of nitrogens with zero attached hydrogens (tertiary/aromatic N) is 1. The van der Waals surface area contributed by atoms with Gasteiger partial charge in [0, 0.05) is 10.6 Å². The van der Waals surface area contributed by atoms with Gasteiger partial charge in [-0.1, -0.05) is 35.9 Å². The van der Waals surface area contributed by atoms with E-state index in [1.165, 1.54) is 0 Å². The molecule has 96 valence electrons. The third-order valence-electron chi connectivity index (χ3n) is 2.66. The summed E-state index contributed by atoms with van der Waals surface area (Å²) in [6.45, 7) is 1.99. The zero-order chi connectivity index (χ0) is 13.7. The molecule has 4 heteroatoms. The van der Waals surface area contributed by atoms with Crippen molar-refractivity contribution in [1.82, 2.24) is 5.43 Å². The SMILES string of the molecule is Cc1ccccc1C=NNC(=O)c1ccc(Cl)cc1. The van der Waals surface area contributed by atoms with Crippen LogP contribution in [0.4, 0.5) is 0 Å². The Morgan fingerprint density at radius 2 is 1.84 bits per heavy atom. The summed E-state index contributed by atoms with van der Waals surface area (Å²) in [5.41, 5.74) is 5.08. The number of halogens is 1. The summed E-state index contributed by atoms with van der Waals surface area (Å²) >= 11 is 5.76. The van der Waals surface area contributed by atoms with Crippen LogP contribution in [0, 0.1) is 6.92 Å². The highest BCUT2D eigenvalue weighted by atomic mass is 35.5. The molecular formula is C15H13ClN2O. The molecule has 0 aliphatic carbocycles. The Kier molecular flexibility index (Phi) is 4.31. The molecule has 2 rings (SSSR count). The fraction of sp³-hybridized carbons (Fsp3) is 0.0667. The molecule has 0 heterocycles. The number of benzene rings is 2.